The molecule has 1 amide bonds. The molecular weight excluding hydrogens is 390 g/mol. The number of benzene rings is 2. The van der Waals surface area contributed by atoms with Crippen LogP contribution in [-0.4, -0.2) is 46.7 Å². The lowest BCUT2D eigenvalue weighted by atomic mass is 10.1. The Balaban J connectivity index is 1.75. The van der Waals surface area contributed by atoms with Gasteiger partial charge in [-0.1, -0.05) is 6.07 Å². The van der Waals surface area contributed by atoms with Gasteiger partial charge in [0, 0.05) is 30.0 Å². The molecule has 156 valence electrons. The van der Waals surface area contributed by atoms with Gasteiger partial charge in [-0.05, 0) is 69.8 Å². The van der Waals surface area contributed by atoms with Crippen LogP contribution in [0, 0.1) is 6.92 Å². The highest BCUT2D eigenvalue weighted by Crippen LogP contribution is 2.23. The Kier molecular flexibility index (Phi) is 6.26. The minimum absolute atomic E-state index is 0.0571. The lowest BCUT2D eigenvalue weighted by molar-refractivity contribution is -0.00521. The molecule has 2 N–H and O–H groups in total. The highest BCUT2D eigenvalue weighted by atomic mass is 32.2. The predicted octanol–water partition coefficient (Wildman–Crippen LogP) is 2.77. The number of morpholine rings is 1. The molecule has 1 heterocycles. The van der Waals surface area contributed by atoms with Gasteiger partial charge in [-0.3, -0.25) is 4.79 Å². The van der Waals surface area contributed by atoms with Crippen molar-refractivity contribution in [3.8, 4) is 0 Å². The normalized spacial score (nSPS) is 19.8. The molecule has 1 aliphatic heterocycles. The Labute approximate surface area is 172 Å². The quantitative estimate of drug-likeness (QED) is 0.781. The number of sulfonamides is 1. The van der Waals surface area contributed by atoms with Gasteiger partial charge < -0.3 is 15.0 Å². The third kappa shape index (κ3) is 4.95. The van der Waals surface area contributed by atoms with Crippen LogP contribution in [0.3, 0.4) is 0 Å². The van der Waals surface area contributed by atoms with Crippen molar-refractivity contribution >= 4 is 27.3 Å². The summed E-state index contributed by atoms with van der Waals surface area (Å²) in [4.78, 5) is 15.0. The number of hydrogen-bond acceptors (Lipinski definition) is 5. The second-order valence-electron chi connectivity index (χ2n) is 7.35. The Bertz CT molecular complexity index is 979. The third-order valence-corrected chi connectivity index (χ3v) is 6.35. The summed E-state index contributed by atoms with van der Waals surface area (Å²) in [7, 11) is -2.28. The maximum Gasteiger partial charge on any atom is 0.255 e. The van der Waals surface area contributed by atoms with E-state index in [0.717, 1.165) is 18.8 Å². The van der Waals surface area contributed by atoms with Crippen LogP contribution in [0.5, 0.6) is 0 Å². The number of anilines is 2. The molecule has 3 rings (SSSR count). The van der Waals surface area contributed by atoms with Gasteiger partial charge >= 0.3 is 0 Å². The molecular formula is C21H27N3O4S. The molecule has 29 heavy (non-hydrogen) atoms. The molecule has 0 spiro atoms. The number of hydrogen-bond donors (Lipinski definition) is 2. The number of amides is 1. The fourth-order valence-corrected chi connectivity index (χ4v) is 4.23. The monoisotopic (exact) mass is 417 g/mol. The van der Waals surface area contributed by atoms with Crippen LogP contribution in [-0.2, 0) is 14.8 Å². The number of carbonyl (C=O) groups excluding carboxylic acids is 1. The van der Waals surface area contributed by atoms with Gasteiger partial charge in [0.1, 0.15) is 0 Å². The number of aryl methyl sites for hydroxylation is 1. The maximum atomic E-state index is 12.7. The second kappa shape index (κ2) is 8.52. The van der Waals surface area contributed by atoms with Crippen molar-refractivity contribution in [1.29, 1.82) is 0 Å². The summed E-state index contributed by atoms with van der Waals surface area (Å²) in [6.07, 6.45) is 0.338. The standard InChI is InChI=1S/C21H27N3O4S/c1-14-5-10-19(29(26,27)22-4)11-20(14)21(25)23-17-6-8-18(9-7-17)24-12-15(2)28-16(3)13-24/h5-11,15-16,22H,12-13H2,1-4H3,(H,23,25). The third-order valence-electron chi connectivity index (χ3n) is 4.94. The van der Waals surface area contributed by atoms with Gasteiger partial charge in [-0.15, -0.1) is 0 Å². The van der Waals surface area contributed by atoms with Crippen molar-refractivity contribution in [1.82, 2.24) is 4.72 Å². The van der Waals surface area contributed by atoms with E-state index in [2.05, 4.69) is 28.8 Å². The van der Waals surface area contributed by atoms with Gasteiger partial charge in [0.2, 0.25) is 10.0 Å². The average molecular weight is 418 g/mol. The molecule has 1 aliphatic rings. The highest BCUT2D eigenvalue weighted by Gasteiger charge is 2.22. The summed E-state index contributed by atoms with van der Waals surface area (Å²) in [6.45, 7) is 7.53. The Morgan fingerprint density at radius 1 is 1.07 bits per heavy atom. The Morgan fingerprint density at radius 3 is 2.28 bits per heavy atom. The summed E-state index contributed by atoms with van der Waals surface area (Å²) in [5, 5.41) is 2.85. The van der Waals surface area contributed by atoms with Gasteiger partial charge in [0.25, 0.3) is 5.91 Å². The molecule has 0 aromatic heterocycles. The molecule has 0 bridgehead atoms. The van der Waals surface area contributed by atoms with Crippen molar-refractivity contribution in [2.75, 3.05) is 30.4 Å². The van der Waals surface area contributed by atoms with Gasteiger partial charge in [0.05, 0.1) is 17.1 Å². The van der Waals surface area contributed by atoms with E-state index in [0.29, 0.717) is 16.8 Å². The van der Waals surface area contributed by atoms with Crippen molar-refractivity contribution in [3.63, 3.8) is 0 Å². The first-order valence-electron chi connectivity index (χ1n) is 9.55. The van der Waals surface area contributed by atoms with E-state index in [1.165, 1.54) is 19.2 Å². The molecule has 2 atom stereocenters. The smallest absolute Gasteiger partial charge is 0.255 e. The first-order valence-corrected chi connectivity index (χ1v) is 11.0. The zero-order chi connectivity index (χ0) is 21.2. The zero-order valence-electron chi connectivity index (χ0n) is 17.1. The van der Waals surface area contributed by atoms with Crippen molar-refractivity contribution in [2.24, 2.45) is 0 Å². The van der Waals surface area contributed by atoms with E-state index in [1.54, 1.807) is 13.0 Å². The summed E-state index contributed by atoms with van der Waals surface area (Å²) in [5.74, 6) is -0.350. The van der Waals surface area contributed by atoms with E-state index in [9.17, 15) is 13.2 Å². The van der Waals surface area contributed by atoms with Crippen LogP contribution >= 0.6 is 0 Å². The van der Waals surface area contributed by atoms with E-state index in [4.69, 9.17) is 4.74 Å². The van der Waals surface area contributed by atoms with E-state index < -0.39 is 10.0 Å². The Hall–Kier alpha value is -2.42. The lowest BCUT2D eigenvalue weighted by Gasteiger charge is -2.36. The minimum atomic E-state index is -3.62. The molecule has 2 unspecified atom stereocenters. The summed E-state index contributed by atoms with van der Waals surface area (Å²) < 4.78 is 32.1. The summed E-state index contributed by atoms with van der Waals surface area (Å²) in [6, 6.07) is 12.1. The number of nitrogens with one attached hydrogen (secondary N) is 2. The molecule has 1 fully saturated rings. The first-order chi connectivity index (χ1) is 13.7. The number of carbonyl (C=O) groups is 1. The molecule has 7 nitrogen and oxygen atoms in total. The number of rotatable bonds is 5. The Morgan fingerprint density at radius 2 is 1.69 bits per heavy atom. The maximum absolute atomic E-state index is 12.7. The first kappa shape index (κ1) is 21.3. The number of ether oxygens (including phenoxy) is 1. The van der Waals surface area contributed by atoms with Crippen LogP contribution in [0.15, 0.2) is 47.4 Å². The van der Waals surface area contributed by atoms with E-state index in [-0.39, 0.29) is 23.0 Å². The van der Waals surface area contributed by atoms with Crippen molar-refractivity contribution in [3.05, 3.63) is 53.6 Å². The van der Waals surface area contributed by atoms with Crippen LogP contribution in [0.4, 0.5) is 11.4 Å². The molecule has 0 saturated carbocycles. The molecule has 8 heteroatoms. The molecule has 0 radical (unpaired) electrons. The second-order valence-corrected chi connectivity index (χ2v) is 9.23. The number of nitrogens with zero attached hydrogens (tertiary/aromatic N) is 1. The van der Waals surface area contributed by atoms with E-state index in [1.807, 2.05) is 24.3 Å². The molecule has 0 aliphatic carbocycles. The summed E-state index contributed by atoms with van der Waals surface area (Å²) >= 11 is 0. The highest BCUT2D eigenvalue weighted by molar-refractivity contribution is 7.89. The molecule has 2 aromatic carbocycles. The van der Waals surface area contributed by atoms with Gasteiger partial charge in [-0.25, -0.2) is 13.1 Å². The van der Waals surface area contributed by atoms with Crippen molar-refractivity contribution in [2.45, 2.75) is 37.9 Å². The largest absolute Gasteiger partial charge is 0.372 e. The summed E-state index contributed by atoms with van der Waals surface area (Å²) in [5.41, 5.74) is 2.74. The fourth-order valence-electron chi connectivity index (χ4n) is 3.47. The van der Waals surface area contributed by atoms with E-state index >= 15 is 0 Å². The fraction of sp³-hybridized carbons (Fsp3) is 0.381. The van der Waals surface area contributed by atoms with Crippen LogP contribution in [0.1, 0.15) is 29.8 Å². The molecule has 2 aromatic rings. The van der Waals surface area contributed by atoms with Gasteiger partial charge in [0.15, 0.2) is 0 Å². The van der Waals surface area contributed by atoms with Crippen molar-refractivity contribution < 1.29 is 17.9 Å². The van der Waals surface area contributed by atoms with Crippen LogP contribution < -0.4 is 14.9 Å². The SMILES string of the molecule is CNS(=O)(=O)c1ccc(C)c(C(=O)Nc2ccc(N3CC(C)OC(C)C3)cc2)c1. The molecule has 1 saturated heterocycles. The minimum Gasteiger partial charge on any atom is -0.372 e. The van der Waals surface area contributed by atoms with Gasteiger partial charge in [-0.2, -0.15) is 0 Å². The predicted molar refractivity (Wildman–Crippen MR) is 114 cm³/mol. The zero-order valence-corrected chi connectivity index (χ0v) is 17.9. The van der Waals surface area contributed by atoms with Crippen LogP contribution in [0.2, 0.25) is 0 Å². The topological polar surface area (TPSA) is 87.7 Å². The average Bonchev–Trinajstić information content (AvgIpc) is 2.68. The van der Waals surface area contributed by atoms with Crippen LogP contribution in [0.25, 0.3) is 0 Å². The lowest BCUT2D eigenvalue weighted by Crippen LogP contribution is -2.45.